The molecule has 3 rings (SSSR count). The van der Waals surface area contributed by atoms with E-state index >= 15 is 0 Å². The van der Waals surface area contributed by atoms with Gasteiger partial charge in [-0.2, -0.15) is 0 Å². The van der Waals surface area contributed by atoms with E-state index in [2.05, 4.69) is 5.32 Å². The summed E-state index contributed by atoms with van der Waals surface area (Å²) in [6, 6.07) is 21.5. The fraction of sp³-hybridized carbons (Fsp3) is 0.333. The first-order chi connectivity index (χ1) is 18.5. The number of hydrogen-bond donors (Lipinski definition) is 1. The normalized spacial score (nSPS) is 12.0. The summed E-state index contributed by atoms with van der Waals surface area (Å²) in [6.45, 7) is 4.10. The van der Waals surface area contributed by atoms with Crippen LogP contribution in [-0.4, -0.2) is 51.0 Å². The van der Waals surface area contributed by atoms with Gasteiger partial charge in [-0.15, -0.1) is 0 Å². The number of benzene rings is 3. The van der Waals surface area contributed by atoms with E-state index in [1.165, 1.54) is 10.6 Å². The molecular formula is C30H36ClN3O4S. The maximum atomic E-state index is 13.7. The minimum atomic E-state index is -3.58. The first-order valence-electron chi connectivity index (χ1n) is 12.8. The van der Waals surface area contributed by atoms with Gasteiger partial charge >= 0.3 is 0 Å². The molecule has 1 atom stereocenters. The lowest BCUT2D eigenvalue weighted by molar-refractivity contribution is -0.141. The van der Waals surface area contributed by atoms with Crippen molar-refractivity contribution in [2.45, 2.75) is 45.7 Å². The van der Waals surface area contributed by atoms with Gasteiger partial charge in [-0.1, -0.05) is 72.3 Å². The van der Waals surface area contributed by atoms with Gasteiger partial charge in [0.05, 0.1) is 11.9 Å². The van der Waals surface area contributed by atoms with E-state index in [1.807, 2.05) is 74.5 Å². The van der Waals surface area contributed by atoms with Crippen molar-refractivity contribution in [1.29, 1.82) is 0 Å². The van der Waals surface area contributed by atoms with Gasteiger partial charge in [-0.05, 0) is 54.7 Å². The van der Waals surface area contributed by atoms with Gasteiger partial charge in [0.1, 0.15) is 6.04 Å². The predicted octanol–water partition coefficient (Wildman–Crippen LogP) is 4.89. The minimum absolute atomic E-state index is 0.0591. The lowest BCUT2D eigenvalue weighted by Gasteiger charge is -2.32. The lowest BCUT2D eigenvalue weighted by atomic mass is 10.0. The van der Waals surface area contributed by atoms with Crippen LogP contribution in [0.3, 0.4) is 0 Å². The molecule has 9 heteroatoms. The van der Waals surface area contributed by atoms with Gasteiger partial charge in [-0.25, -0.2) is 8.42 Å². The summed E-state index contributed by atoms with van der Waals surface area (Å²) in [6.07, 6.45) is 1.84. The van der Waals surface area contributed by atoms with Crippen molar-refractivity contribution in [3.05, 3.63) is 100 Å². The monoisotopic (exact) mass is 569 g/mol. The van der Waals surface area contributed by atoms with E-state index in [9.17, 15) is 18.0 Å². The first-order valence-corrected chi connectivity index (χ1v) is 15.1. The molecule has 1 N–H and O–H groups in total. The minimum Gasteiger partial charge on any atom is -0.357 e. The Morgan fingerprint density at radius 3 is 2.26 bits per heavy atom. The van der Waals surface area contributed by atoms with Gasteiger partial charge in [0.25, 0.3) is 0 Å². The Kier molecular flexibility index (Phi) is 10.5. The highest BCUT2D eigenvalue weighted by Gasteiger charge is 2.30. The van der Waals surface area contributed by atoms with Crippen LogP contribution in [0.4, 0.5) is 5.69 Å². The molecule has 0 aromatic heterocycles. The fourth-order valence-corrected chi connectivity index (χ4v) is 5.73. The molecule has 208 valence electrons. The van der Waals surface area contributed by atoms with Crippen molar-refractivity contribution >= 4 is 39.1 Å². The number of likely N-dealkylation sites (N-methyl/N-ethyl adjacent to an activating group) is 1. The maximum Gasteiger partial charge on any atom is 0.242 e. The van der Waals surface area contributed by atoms with Crippen molar-refractivity contribution in [2.24, 2.45) is 0 Å². The summed E-state index contributed by atoms with van der Waals surface area (Å²) in [5.41, 5.74) is 4.10. The molecule has 0 bridgehead atoms. The van der Waals surface area contributed by atoms with Crippen LogP contribution in [0.1, 0.15) is 35.1 Å². The third kappa shape index (κ3) is 8.07. The van der Waals surface area contributed by atoms with Crippen LogP contribution in [0, 0.1) is 13.8 Å². The molecule has 7 nitrogen and oxygen atoms in total. The van der Waals surface area contributed by atoms with E-state index < -0.39 is 16.1 Å². The molecule has 0 aliphatic rings. The van der Waals surface area contributed by atoms with Crippen LogP contribution in [0.2, 0.25) is 5.02 Å². The zero-order valence-electron chi connectivity index (χ0n) is 22.9. The molecule has 2 amide bonds. The quantitative estimate of drug-likeness (QED) is 0.336. The number of nitrogens with zero attached hydrogens (tertiary/aromatic N) is 2. The van der Waals surface area contributed by atoms with Gasteiger partial charge in [0.2, 0.25) is 21.8 Å². The topological polar surface area (TPSA) is 86.8 Å². The van der Waals surface area contributed by atoms with Gasteiger partial charge < -0.3 is 10.2 Å². The van der Waals surface area contributed by atoms with Crippen LogP contribution in [0.25, 0.3) is 0 Å². The van der Waals surface area contributed by atoms with Gasteiger partial charge in [0.15, 0.2) is 0 Å². The van der Waals surface area contributed by atoms with Crippen molar-refractivity contribution in [1.82, 2.24) is 10.2 Å². The SMILES string of the molecule is CNC(=O)[C@H](Cc1ccccc1)N(Cc1ccccc1Cl)C(=O)CCCN(c1cccc(C)c1C)S(C)(=O)=O. The first kappa shape index (κ1) is 30.2. The average Bonchev–Trinajstić information content (AvgIpc) is 2.91. The highest BCUT2D eigenvalue weighted by Crippen LogP contribution is 2.26. The molecule has 0 radical (unpaired) electrons. The zero-order chi connectivity index (χ0) is 28.6. The molecule has 39 heavy (non-hydrogen) atoms. The largest absolute Gasteiger partial charge is 0.357 e. The Balaban J connectivity index is 1.87. The van der Waals surface area contributed by atoms with Crippen molar-refractivity contribution in [2.75, 3.05) is 24.2 Å². The van der Waals surface area contributed by atoms with Crippen molar-refractivity contribution < 1.29 is 18.0 Å². The Bertz CT molecular complexity index is 1400. The highest BCUT2D eigenvalue weighted by molar-refractivity contribution is 7.92. The average molecular weight is 570 g/mol. The van der Waals surface area contributed by atoms with Gasteiger partial charge in [0, 0.05) is 38.0 Å². The van der Waals surface area contributed by atoms with E-state index in [4.69, 9.17) is 11.6 Å². The Morgan fingerprint density at radius 2 is 1.62 bits per heavy atom. The van der Waals surface area contributed by atoms with E-state index in [1.54, 1.807) is 24.1 Å². The number of halogens is 1. The summed E-state index contributed by atoms with van der Waals surface area (Å²) in [5.74, 6) is -0.540. The molecule has 0 aliphatic carbocycles. The highest BCUT2D eigenvalue weighted by atomic mass is 35.5. The standard InChI is InChI=1S/C30H36ClN3O4S/c1-22-12-10-17-27(23(22)2)34(39(4,37)38)19-11-18-29(35)33(21-25-15-8-9-16-26(25)31)28(30(36)32-3)20-24-13-6-5-7-14-24/h5-10,12-17,28H,11,18-21H2,1-4H3,(H,32,36)/t28-/m0/s1. The van der Waals surface area contributed by atoms with E-state index in [0.29, 0.717) is 17.1 Å². The number of carbonyl (C=O) groups excluding carboxylic acids is 2. The summed E-state index contributed by atoms with van der Waals surface area (Å²) >= 11 is 6.43. The molecule has 0 heterocycles. The third-order valence-corrected chi connectivity index (χ3v) is 8.36. The summed E-state index contributed by atoms with van der Waals surface area (Å²) in [4.78, 5) is 28.4. The van der Waals surface area contributed by atoms with Crippen LogP contribution in [0.15, 0.2) is 72.8 Å². The van der Waals surface area contributed by atoms with Crippen LogP contribution < -0.4 is 9.62 Å². The van der Waals surface area contributed by atoms with E-state index in [0.717, 1.165) is 22.3 Å². The van der Waals surface area contributed by atoms with Crippen LogP contribution in [0.5, 0.6) is 0 Å². The molecule has 0 fully saturated rings. The molecule has 3 aromatic rings. The smallest absolute Gasteiger partial charge is 0.242 e. The predicted molar refractivity (Wildman–Crippen MR) is 157 cm³/mol. The summed E-state index contributed by atoms with van der Waals surface area (Å²) in [7, 11) is -2.03. The number of aryl methyl sites for hydroxylation is 1. The molecular weight excluding hydrogens is 534 g/mol. The second-order valence-corrected chi connectivity index (χ2v) is 11.9. The van der Waals surface area contributed by atoms with Crippen molar-refractivity contribution in [3.63, 3.8) is 0 Å². The fourth-order valence-electron chi connectivity index (χ4n) is 4.52. The molecule has 0 saturated heterocycles. The Labute approximate surface area is 236 Å². The van der Waals surface area contributed by atoms with Crippen LogP contribution in [-0.2, 0) is 32.6 Å². The molecule has 0 unspecified atom stereocenters. The number of nitrogens with one attached hydrogen (secondary N) is 1. The number of hydrogen-bond acceptors (Lipinski definition) is 4. The summed E-state index contributed by atoms with van der Waals surface area (Å²) in [5, 5.41) is 3.20. The Hall–Kier alpha value is -3.36. The molecule has 0 aliphatic heterocycles. The second-order valence-electron chi connectivity index (χ2n) is 9.59. The summed E-state index contributed by atoms with van der Waals surface area (Å²) < 4.78 is 26.7. The van der Waals surface area contributed by atoms with Gasteiger partial charge in [-0.3, -0.25) is 13.9 Å². The number of amides is 2. The second kappa shape index (κ2) is 13.6. The number of rotatable bonds is 12. The number of anilines is 1. The van der Waals surface area contributed by atoms with Crippen LogP contribution >= 0.6 is 11.6 Å². The maximum absolute atomic E-state index is 13.7. The zero-order valence-corrected chi connectivity index (χ0v) is 24.4. The lowest BCUT2D eigenvalue weighted by Crippen LogP contribution is -2.49. The Morgan fingerprint density at radius 1 is 0.949 bits per heavy atom. The van der Waals surface area contributed by atoms with Crippen molar-refractivity contribution in [3.8, 4) is 0 Å². The molecule has 3 aromatic carbocycles. The number of carbonyl (C=O) groups is 2. The third-order valence-electron chi connectivity index (χ3n) is 6.81. The molecule has 0 spiro atoms. The number of sulfonamides is 1. The molecule has 0 saturated carbocycles. The van der Waals surface area contributed by atoms with E-state index in [-0.39, 0.29) is 37.7 Å².